The van der Waals surface area contributed by atoms with Crippen LogP contribution in [0.3, 0.4) is 0 Å². The summed E-state index contributed by atoms with van der Waals surface area (Å²) in [5.74, 6) is -0.509. The van der Waals surface area contributed by atoms with Gasteiger partial charge in [0.1, 0.15) is 0 Å². The third kappa shape index (κ3) is 5.81. The van der Waals surface area contributed by atoms with E-state index in [9.17, 15) is 19.2 Å². The highest BCUT2D eigenvalue weighted by molar-refractivity contribution is 7.85. The SMILES string of the molecule is COC(=O)C[C@H](O)C[C@@H](O)CS(=O)c1ccc(C)cc1. The van der Waals surface area contributed by atoms with E-state index in [1.807, 2.05) is 19.1 Å². The number of benzene rings is 1. The summed E-state index contributed by atoms with van der Waals surface area (Å²) >= 11 is 0. The second-order valence-electron chi connectivity index (χ2n) is 4.65. The fourth-order valence-electron chi connectivity index (χ4n) is 1.70. The van der Waals surface area contributed by atoms with Gasteiger partial charge in [0.15, 0.2) is 0 Å². The molecule has 0 amide bonds. The van der Waals surface area contributed by atoms with Gasteiger partial charge in [0, 0.05) is 11.3 Å². The van der Waals surface area contributed by atoms with E-state index in [1.165, 1.54) is 7.11 Å². The Kier molecular flexibility index (Phi) is 6.84. The zero-order valence-corrected chi connectivity index (χ0v) is 12.4. The van der Waals surface area contributed by atoms with E-state index in [0.29, 0.717) is 4.90 Å². The van der Waals surface area contributed by atoms with Gasteiger partial charge in [-0.1, -0.05) is 17.7 Å². The maximum absolute atomic E-state index is 12.0. The van der Waals surface area contributed by atoms with Crippen molar-refractivity contribution in [3.8, 4) is 0 Å². The van der Waals surface area contributed by atoms with Crippen molar-refractivity contribution < 1.29 is 24.0 Å². The molecule has 1 unspecified atom stereocenters. The number of hydrogen-bond acceptors (Lipinski definition) is 5. The Morgan fingerprint density at radius 2 is 1.85 bits per heavy atom. The molecule has 20 heavy (non-hydrogen) atoms. The molecule has 1 aromatic carbocycles. The predicted octanol–water partition coefficient (Wildman–Crippen LogP) is 0.778. The second-order valence-corrected chi connectivity index (χ2v) is 6.14. The third-order valence-electron chi connectivity index (χ3n) is 2.80. The van der Waals surface area contributed by atoms with Gasteiger partial charge in [-0.05, 0) is 19.1 Å². The molecule has 0 saturated carbocycles. The maximum atomic E-state index is 12.0. The molecule has 6 heteroatoms. The van der Waals surface area contributed by atoms with E-state index in [2.05, 4.69) is 4.74 Å². The molecule has 0 radical (unpaired) electrons. The number of rotatable bonds is 7. The van der Waals surface area contributed by atoms with Crippen molar-refractivity contribution in [2.75, 3.05) is 12.9 Å². The summed E-state index contributed by atoms with van der Waals surface area (Å²) in [6.45, 7) is 1.94. The Morgan fingerprint density at radius 1 is 1.25 bits per heavy atom. The fraction of sp³-hybridized carbons (Fsp3) is 0.500. The smallest absolute Gasteiger partial charge is 0.308 e. The number of ether oxygens (including phenoxy) is 1. The lowest BCUT2D eigenvalue weighted by Gasteiger charge is -2.14. The molecule has 0 bridgehead atoms. The maximum Gasteiger partial charge on any atom is 0.308 e. The molecule has 0 spiro atoms. The normalized spacial score (nSPS) is 15.4. The van der Waals surface area contributed by atoms with Crippen molar-refractivity contribution >= 4 is 16.8 Å². The van der Waals surface area contributed by atoms with E-state index in [1.54, 1.807) is 12.1 Å². The van der Waals surface area contributed by atoms with Crippen LogP contribution >= 0.6 is 0 Å². The van der Waals surface area contributed by atoms with Gasteiger partial charge in [-0.2, -0.15) is 0 Å². The zero-order chi connectivity index (χ0) is 15.1. The molecule has 1 rings (SSSR count). The lowest BCUT2D eigenvalue weighted by molar-refractivity contribution is -0.143. The van der Waals surface area contributed by atoms with Crippen molar-refractivity contribution in [1.29, 1.82) is 0 Å². The molecule has 0 aliphatic heterocycles. The highest BCUT2D eigenvalue weighted by Crippen LogP contribution is 2.12. The van der Waals surface area contributed by atoms with E-state index in [4.69, 9.17) is 0 Å². The van der Waals surface area contributed by atoms with Crippen molar-refractivity contribution in [3.05, 3.63) is 29.8 Å². The summed E-state index contributed by atoms with van der Waals surface area (Å²) < 4.78 is 16.4. The zero-order valence-electron chi connectivity index (χ0n) is 11.6. The Hall–Kier alpha value is -1.24. The van der Waals surface area contributed by atoms with E-state index >= 15 is 0 Å². The minimum absolute atomic E-state index is 0.00724. The topological polar surface area (TPSA) is 83.8 Å². The van der Waals surface area contributed by atoms with Gasteiger partial charge < -0.3 is 14.9 Å². The van der Waals surface area contributed by atoms with Crippen molar-refractivity contribution in [2.24, 2.45) is 0 Å². The van der Waals surface area contributed by atoms with Gasteiger partial charge in [0.05, 0.1) is 42.3 Å². The molecule has 0 fully saturated rings. The molecule has 3 atom stereocenters. The molecule has 0 saturated heterocycles. The predicted molar refractivity (Wildman–Crippen MR) is 75.7 cm³/mol. The molecular weight excluding hydrogens is 280 g/mol. The minimum Gasteiger partial charge on any atom is -0.469 e. The first kappa shape index (κ1) is 16.8. The Labute approximate surface area is 121 Å². The minimum atomic E-state index is -1.33. The molecular formula is C14H20O5S. The van der Waals surface area contributed by atoms with E-state index < -0.39 is 29.0 Å². The van der Waals surface area contributed by atoms with Gasteiger partial charge in [0.2, 0.25) is 0 Å². The number of aryl methyl sites for hydroxylation is 1. The van der Waals surface area contributed by atoms with Gasteiger partial charge >= 0.3 is 5.97 Å². The van der Waals surface area contributed by atoms with Crippen LogP contribution in [0.25, 0.3) is 0 Å². The quantitative estimate of drug-likeness (QED) is 0.727. The molecule has 1 aromatic rings. The Bertz CT molecular complexity index is 457. The van der Waals surface area contributed by atoms with Crippen LogP contribution in [0.2, 0.25) is 0 Å². The summed E-state index contributed by atoms with van der Waals surface area (Å²) in [6, 6.07) is 7.21. The molecule has 112 valence electrons. The van der Waals surface area contributed by atoms with E-state index in [-0.39, 0.29) is 18.6 Å². The fourth-order valence-corrected chi connectivity index (χ4v) is 2.82. The first-order chi connectivity index (χ1) is 9.42. The lowest BCUT2D eigenvalue weighted by Crippen LogP contribution is -2.25. The van der Waals surface area contributed by atoms with Crippen LogP contribution in [-0.2, 0) is 20.3 Å². The summed E-state index contributed by atoms with van der Waals surface area (Å²) in [5.41, 5.74) is 1.07. The summed E-state index contributed by atoms with van der Waals surface area (Å²) in [7, 11) is -0.0959. The van der Waals surface area contributed by atoms with E-state index in [0.717, 1.165) is 5.56 Å². The lowest BCUT2D eigenvalue weighted by atomic mass is 10.1. The molecule has 0 aromatic heterocycles. The van der Waals surface area contributed by atoms with Crippen molar-refractivity contribution in [3.63, 3.8) is 0 Å². The van der Waals surface area contributed by atoms with Crippen molar-refractivity contribution in [2.45, 2.75) is 36.9 Å². The average molecular weight is 300 g/mol. The standard InChI is InChI=1S/C14H20O5S/c1-10-3-5-13(6-4-10)20(18)9-12(16)7-11(15)8-14(17)19-2/h3-6,11-12,15-16H,7-9H2,1-2H3/t11-,12-,20?/m1/s1. The third-order valence-corrected chi connectivity index (χ3v) is 4.29. The average Bonchev–Trinajstić information content (AvgIpc) is 2.38. The molecule has 2 N–H and O–H groups in total. The Balaban J connectivity index is 2.45. The second kappa shape index (κ2) is 8.14. The monoisotopic (exact) mass is 300 g/mol. The summed E-state index contributed by atoms with van der Waals surface area (Å²) in [5, 5.41) is 19.4. The molecule has 0 heterocycles. The van der Waals surface area contributed by atoms with Crippen LogP contribution in [0.5, 0.6) is 0 Å². The number of esters is 1. The first-order valence-electron chi connectivity index (χ1n) is 6.30. The molecule has 0 aliphatic rings. The van der Waals surface area contributed by atoms with Crippen LogP contribution < -0.4 is 0 Å². The Morgan fingerprint density at radius 3 is 2.40 bits per heavy atom. The number of carbonyl (C=O) groups is 1. The molecule has 0 aliphatic carbocycles. The van der Waals surface area contributed by atoms with Crippen LogP contribution in [0.4, 0.5) is 0 Å². The number of hydrogen-bond donors (Lipinski definition) is 2. The number of aliphatic hydroxyl groups is 2. The van der Waals surface area contributed by atoms with Gasteiger partial charge in [0.25, 0.3) is 0 Å². The highest BCUT2D eigenvalue weighted by Gasteiger charge is 2.18. The number of methoxy groups -OCH3 is 1. The largest absolute Gasteiger partial charge is 0.469 e. The van der Waals surface area contributed by atoms with Crippen LogP contribution in [0.15, 0.2) is 29.2 Å². The summed E-state index contributed by atoms with van der Waals surface area (Å²) in [6.07, 6.45) is -2.11. The van der Waals surface area contributed by atoms with Crippen LogP contribution in [0.1, 0.15) is 18.4 Å². The van der Waals surface area contributed by atoms with Gasteiger partial charge in [-0.3, -0.25) is 9.00 Å². The van der Waals surface area contributed by atoms with Crippen LogP contribution in [0, 0.1) is 6.92 Å². The van der Waals surface area contributed by atoms with Gasteiger partial charge in [-0.25, -0.2) is 0 Å². The number of carbonyl (C=O) groups excluding carboxylic acids is 1. The van der Waals surface area contributed by atoms with Gasteiger partial charge in [-0.15, -0.1) is 0 Å². The number of aliphatic hydroxyl groups excluding tert-OH is 2. The van der Waals surface area contributed by atoms with Crippen LogP contribution in [-0.4, -0.2) is 45.5 Å². The van der Waals surface area contributed by atoms with Crippen molar-refractivity contribution in [1.82, 2.24) is 0 Å². The first-order valence-corrected chi connectivity index (χ1v) is 7.62. The summed E-state index contributed by atoms with van der Waals surface area (Å²) in [4.78, 5) is 11.6. The molecule has 5 nitrogen and oxygen atoms in total. The highest BCUT2D eigenvalue weighted by atomic mass is 32.2.